The van der Waals surface area contributed by atoms with Gasteiger partial charge in [0.15, 0.2) is 6.61 Å². The van der Waals surface area contributed by atoms with Gasteiger partial charge in [0.2, 0.25) is 0 Å². The lowest BCUT2D eigenvalue weighted by Gasteiger charge is -2.30. The average Bonchev–Trinajstić information content (AvgIpc) is 2.72. The number of carboxylic acids is 1. The lowest BCUT2D eigenvalue weighted by molar-refractivity contribution is -0.144. The summed E-state index contributed by atoms with van der Waals surface area (Å²) in [7, 11) is 0. The summed E-state index contributed by atoms with van der Waals surface area (Å²) in [5.74, 6) is -4.34. The molecule has 2 N–H and O–H groups in total. The number of hydrogen-bond donors (Lipinski definition) is 2. The van der Waals surface area contributed by atoms with Crippen LogP contribution in [0.15, 0.2) is 70.9 Å². The van der Waals surface area contributed by atoms with E-state index in [0.29, 0.717) is 27.7 Å². The van der Waals surface area contributed by atoms with Crippen molar-refractivity contribution in [3.05, 3.63) is 76.5 Å². The molecular weight excluding hydrogens is 420 g/mol. The molecule has 0 saturated carbocycles. The fraction of sp³-hybridized carbons (Fsp3) is 0.217. The van der Waals surface area contributed by atoms with E-state index in [1.165, 1.54) is 0 Å². The molecule has 1 amide bonds. The number of halogens is 1. The van der Waals surface area contributed by atoms with E-state index in [4.69, 9.17) is 16.3 Å². The van der Waals surface area contributed by atoms with E-state index >= 15 is 0 Å². The van der Waals surface area contributed by atoms with Gasteiger partial charge in [0.25, 0.3) is 5.91 Å². The highest BCUT2D eigenvalue weighted by Crippen LogP contribution is 2.40. The van der Waals surface area contributed by atoms with Crippen molar-refractivity contribution in [2.75, 3.05) is 11.9 Å². The van der Waals surface area contributed by atoms with Crippen molar-refractivity contribution >= 4 is 40.8 Å². The largest absolute Gasteiger partial charge is 0.481 e. The van der Waals surface area contributed by atoms with Crippen LogP contribution in [0, 0.1) is 5.92 Å². The molecule has 0 saturated heterocycles. The second-order valence-corrected chi connectivity index (χ2v) is 7.53. The lowest BCUT2D eigenvalue weighted by Crippen LogP contribution is -2.36. The predicted octanol–water partition coefficient (Wildman–Crippen LogP) is 4.05. The molecule has 0 aromatic heterocycles. The van der Waals surface area contributed by atoms with E-state index in [1.807, 2.05) is 6.07 Å². The second-order valence-electron chi connectivity index (χ2n) is 7.09. The van der Waals surface area contributed by atoms with E-state index in [-0.39, 0.29) is 5.57 Å². The standard InChI is InChI=1S/C23H21ClN2O5/c1-13-19(22(28)29)21(15-7-6-8-16(24)11-15)20(14(2)25-13)23(30)31-12-18(27)26-17-9-4-3-5-10-17/h3-11,19,21H,12H2,1-2H3,(H,26,27)(H,28,29). The number of aliphatic imine (C=N–C) groups is 1. The normalized spacial score (nSPS) is 18.2. The maximum atomic E-state index is 13.0. The Labute approximate surface area is 184 Å². The van der Waals surface area contributed by atoms with Crippen molar-refractivity contribution in [1.29, 1.82) is 0 Å². The molecule has 1 heterocycles. The highest BCUT2D eigenvalue weighted by atomic mass is 35.5. The summed E-state index contributed by atoms with van der Waals surface area (Å²) < 4.78 is 5.23. The van der Waals surface area contributed by atoms with Crippen LogP contribution in [-0.2, 0) is 19.1 Å². The molecule has 2 aromatic carbocycles. The maximum absolute atomic E-state index is 13.0. The van der Waals surface area contributed by atoms with E-state index in [0.717, 1.165) is 0 Å². The summed E-state index contributed by atoms with van der Waals surface area (Å²) in [5, 5.41) is 12.9. The Bertz CT molecular complexity index is 1080. The van der Waals surface area contributed by atoms with Gasteiger partial charge in [-0.1, -0.05) is 41.9 Å². The smallest absolute Gasteiger partial charge is 0.337 e. The Kier molecular flexibility index (Phi) is 6.87. The van der Waals surface area contributed by atoms with Gasteiger partial charge < -0.3 is 15.2 Å². The van der Waals surface area contributed by atoms with Crippen molar-refractivity contribution in [3.8, 4) is 0 Å². The number of nitrogens with zero attached hydrogens (tertiary/aromatic N) is 1. The average molecular weight is 441 g/mol. The number of carbonyl (C=O) groups excluding carboxylic acids is 2. The molecule has 8 heteroatoms. The van der Waals surface area contributed by atoms with Gasteiger partial charge in [0, 0.05) is 28.0 Å². The van der Waals surface area contributed by atoms with Gasteiger partial charge in [-0.05, 0) is 43.7 Å². The van der Waals surface area contributed by atoms with E-state index in [2.05, 4.69) is 10.3 Å². The molecule has 2 atom stereocenters. The molecule has 1 aliphatic rings. The van der Waals surface area contributed by atoms with E-state index < -0.39 is 36.3 Å². The molecule has 31 heavy (non-hydrogen) atoms. The second kappa shape index (κ2) is 9.57. The highest BCUT2D eigenvalue weighted by molar-refractivity contribution is 6.30. The Morgan fingerprint density at radius 1 is 1.10 bits per heavy atom. The summed E-state index contributed by atoms with van der Waals surface area (Å²) in [6, 6.07) is 15.4. The van der Waals surface area contributed by atoms with Crippen LogP contribution in [0.2, 0.25) is 5.02 Å². The molecule has 1 aliphatic heterocycles. The first-order valence-electron chi connectivity index (χ1n) is 9.54. The summed E-state index contributed by atoms with van der Waals surface area (Å²) in [5.41, 5.74) is 1.92. The summed E-state index contributed by atoms with van der Waals surface area (Å²) >= 11 is 6.11. The SMILES string of the molecule is CC1=NC(C)=C(C(=O)OCC(=O)Nc2ccccc2)C(c2cccc(Cl)c2)C1C(=O)O. The molecule has 0 bridgehead atoms. The molecule has 160 valence electrons. The number of carboxylic acid groups (broad SMARTS) is 1. The van der Waals surface area contributed by atoms with E-state index in [9.17, 15) is 19.5 Å². The van der Waals surface area contributed by atoms with Gasteiger partial charge in [0.1, 0.15) is 5.92 Å². The van der Waals surface area contributed by atoms with Gasteiger partial charge >= 0.3 is 11.9 Å². The highest BCUT2D eigenvalue weighted by Gasteiger charge is 2.41. The summed E-state index contributed by atoms with van der Waals surface area (Å²) in [4.78, 5) is 41.4. The molecule has 0 fully saturated rings. The quantitative estimate of drug-likeness (QED) is 0.659. The van der Waals surface area contributed by atoms with Crippen LogP contribution in [0.5, 0.6) is 0 Å². The Morgan fingerprint density at radius 3 is 2.45 bits per heavy atom. The van der Waals surface area contributed by atoms with Gasteiger partial charge in [-0.3, -0.25) is 14.6 Å². The van der Waals surface area contributed by atoms with Crippen LogP contribution in [0.3, 0.4) is 0 Å². The van der Waals surface area contributed by atoms with Crippen LogP contribution >= 0.6 is 11.6 Å². The number of rotatable bonds is 6. The van der Waals surface area contributed by atoms with Crippen molar-refractivity contribution < 1.29 is 24.2 Å². The van der Waals surface area contributed by atoms with Gasteiger partial charge in [-0.15, -0.1) is 0 Å². The number of aliphatic carboxylic acids is 1. The maximum Gasteiger partial charge on any atom is 0.337 e. The topological polar surface area (TPSA) is 105 Å². The Morgan fingerprint density at radius 2 is 1.81 bits per heavy atom. The van der Waals surface area contributed by atoms with Crippen molar-refractivity contribution in [2.45, 2.75) is 19.8 Å². The number of esters is 1. The molecule has 0 aliphatic carbocycles. The van der Waals surface area contributed by atoms with Crippen LogP contribution in [0.1, 0.15) is 25.3 Å². The number of nitrogens with one attached hydrogen (secondary N) is 1. The minimum Gasteiger partial charge on any atom is -0.481 e. The number of benzene rings is 2. The summed E-state index contributed by atoms with van der Waals surface area (Å²) in [6.07, 6.45) is 0. The molecule has 0 spiro atoms. The Balaban J connectivity index is 1.86. The first-order chi connectivity index (χ1) is 14.8. The number of anilines is 1. The van der Waals surface area contributed by atoms with Crippen molar-refractivity contribution in [2.24, 2.45) is 10.9 Å². The number of allylic oxidation sites excluding steroid dienone is 1. The zero-order chi connectivity index (χ0) is 22.5. The number of carbonyl (C=O) groups is 3. The van der Waals surface area contributed by atoms with Crippen LogP contribution in [0.25, 0.3) is 0 Å². The molecular formula is C23H21ClN2O5. The first-order valence-corrected chi connectivity index (χ1v) is 9.92. The molecule has 2 unspecified atom stereocenters. The van der Waals surface area contributed by atoms with Crippen molar-refractivity contribution in [1.82, 2.24) is 0 Å². The lowest BCUT2D eigenvalue weighted by atomic mass is 9.75. The third kappa shape index (κ3) is 5.19. The van der Waals surface area contributed by atoms with Crippen LogP contribution in [-0.4, -0.2) is 35.3 Å². The van der Waals surface area contributed by atoms with Crippen LogP contribution in [0.4, 0.5) is 5.69 Å². The zero-order valence-electron chi connectivity index (χ0n) is 17.0. The molecule has 7 nitrogen and oxygen atoms in total. The zero-order valence-corrected chi connectivity index (χ0v) is 17.7. The number of amides is 1. The molecule has 0 radical (unpaired) electrons. The third-order valence-corrected chi connectivity index (χ3v) is 5.15. The monoisotopic (exact) mass is 440 g/mol. The molecule has 3 rings (SSSR count). The van der Waals surface area contributed by atoms with Gasteiger partial charge in [-0.25, -0.2) is 4.79 Å². The summed E-state index contributed by atoms with van der Waals surface area (Å²) in [6.45, 7) is 2.70. The van der Waals surface area contributed by atoms with Crippen LogP contribution < -0.4 is 5.32 Å². The Hall–Kier alpha value is -3.45. The number of hydrogen-bond acceptors (Lipinski definition) is 5. The number of ether oxygens (including phenoxy) is 1. The number of para-hydroxylation sites is 1. The molecule has 2 aromatic rings. The van der Waals surface area contributed by atoms with Gasteiger partial charge in [0.05, 0.1) is 5.57 Å². The third-order valence-electron chi connectivity index (χ3n) is 4.91. The van der Waals surface area contributed by atoms with E-state index in [1.54, 1.807) is 62.4 Å². The minimum atomic E-state index is -1.12. The fourth-order valence-corrected chi connectivity index (χ4v) is 3.81. The predicted molar refractivity (Wildman–Crippen MR) is 117 cm³/mol. The fourth-order valence-electron chi connectivity index (χ4n) is 3.61. The van der Waals surface area contributed by atoms with Gasteiger partial charge in [-0.2, -0.15) is 0 Å². The first kappa shape index (κ1) is 22.2. The van der Waals surface area contributed by atoms with Crippen molar-refractivity contribution in [3.63, 3.8) is 0 Å². The minimum absolute atomic E-state index is 0.0905.